The maximum atomic E-state index is 13.3. The molecule has 0 aromatic heterocycles. The predicted octanol–water partition coefficient (Wildman–Crippen LogP) is 2.86. The number of benzene rings is 2. The molecule has 2 aromatic carbocycles. The van der Waals surface area contributed by atoms with Crippen LogP contribution in [0.2, 0.25) is 5.02 Å². The molecule has 0 atom stereocenters. The van der Waals surface area contributed by atoms with Gasteiger partial charge in [-0.25, -0.2) is 22.4 Å². The summed E-state index contributed by atoms with van der Waals surface area (Å²) in [6, 6.07) is 7.41. The van der Waals surface area contributed by atoms with Crippen LogP contribution >= 0.6 is 11.6 Å². The zero-order valence-corrected chi connectivity index (χ0v) is 19.1. The van der Waals surface area contributed by atoms with E-state index in [1.807, 2.05) is 5.32 Å². The van der Waals surface area contributed by atoms with Gasteiger partial charge in [-0.1, -0.05) is 17.7 Å². The molecule has 0 saturated carbocycles. The lowest BCUT2D eigenvalue weighted by Gasteiger charge is -2.24. The van der Waals surface area contributed by atoms with Crippen molar-refractivity contribution in [2.24, 2.45) is 0 Å². The minimum Gasteiger partial charge on any atom is -0.452 e. The molecule has 33 heavy (non-hydrogen) atoms. The van der Waals surface area contributed by atoms with Crippen LogP contribution in [0.1, 0.15) is 17.3 Å². The second-order valence-electron chi connectivity index (χ2n) is 6.43. The topological polar surface area (TPSA) is 122 Å². The van der Waals surface area contributed by atoms with Gasteiger partial charge in [-0.05, 0) is 49.4 Å². The van der Waals surface area contributed by atoms with Crippen LogP contribution in [0.15, 0.2) is 60.0 Å². The van der Waals surface area contributed by atoms with E-state index in [4.69, 9.17) is 16.3 Å². The standard InChI is InChI=1S/C21H21ClFN3O6S/c1-3-11-26(16-8-6-15(23)7-9-16)33(30,31)18-12-14(5-10-17(18)22)20(28)32-13-19(27)25-21(29)24-4-2/h3,5-10,12H,1,4,11,13H2,2H3,(H2,24,25,27,29). The lowest BCUT2D eigenvalue weighted by Crippen LogP contribution is -2.41. The third kappa shape index (κ3) is 6.77. The number of urea groups is 1. The number of anilines is 1. The van der Waals surface area contributed by atoms with Gasteiger partial charge in [0.25, 0.3) is 15.9 Å². The summed E-state index contributed by atoms with van der Waals surface area (Å²) in [5.74, 6) is -2.43. The summed E-state index contributed by atoms with van der Waals surface area (Å²) in [7, 11) is -4.30. The maximum Gasteiger partial charge on any atom is 0.338 e. The summed E-state index contributed by atoms with van der Waals surface area (Å²) in [5, 5.41) is 4.13. The van der Waals surface area contributed by atoms with Crippen molar-refractivity contribution < 1.29 is 31.9 Å². The van der Waals surface area contributed by atoms with Crippen molar-refractivity contribution in [3.05, 3.63) is 71.5 Å². The molecule has 3 amide bonds. The molecule has 0 aliphatic carbocycles. The Kier molecular flexibility index (Phi) is 8.94. The van der Waals surface area contributed by atoms with Gasteiger partial charge in [-0.3, -0.25) is 14.4 Å². The number of carbonyl (C=O) groups excluding carboxylic acids is 3. The predicted molar refractivity (Wildman–Crippen MR) is 120 cm³/mol. The Morgan fingerprint density at radius 3 is 2.45 bits per heavy atom. The van der Waals surface area contributed by atoms with Gasteiger partial charge >= 0.3 is 12.0 Å². The first kappa shape index (κ1) is 25.8. The smallest absolute Gasteiger partial charge is 0.338 e. The highest BCUT2D eigenvalue weighted by Crippen LogP contribution is 2.29. The largest absolute Gasteiger partial charge is 0.452 e. The van der Waals surface area contributed by atoms with Crippen molar-refractivity contribution >= 4 is 45.2 Å². The van der Waals surface area contributed by atoms with E-state index < -0.39 is 45.3 Å². The average Bonchev–Trinajstić information content (AvgIpc) is 2.76. The average molecular weight is 498 g/mol. The van der Waals surface area contributed by atoms with Crippen molar-refractivity contribution in [1.29, 1.82) is 0 Å². The Hall–Kier alpha value is -3.44. The van der Waals surface area contributed by atoms with Crippen LogP contribution in [0.25, 0.3) is 0 Å². The number of nitrogens with one attached hydrogen (secondary N) is 2. The van der Waals surface area contributed by atoms with Crippen molar-refractivity contribution in [1.82, 2.24) is 10.6 Å². The molecule has 0 unspecified atom stereocenters. The minimum absolute atomic E-state index is 0.154. The number of carbonyl (C=O) groups is 3. The third-order valence-corrected chi connectivity index (χ3v) is 6.34. The second kappa shape index (κ2) is 11.4. The summed E-state index contributed by atoms with van der Waals surface area (Å²) in [6.45, 7) is 4.57. The Labute approximate surface area is 195 Å². The number of rotatable bonds is 9. The number of ether oxygens (including phenoxy) is 1. The van der Waals surface area contributed by atoms with Crippen LogP contribution in [0, 0.1) is 5.82 Å². The summed E-state index contributed by atoms with van der Waals surface area (Å²) in [5.41, 5.74) is -0.0381. The number of esters is 1. The van der Waals surface area contributed by atoms with E-state index >= 15 is 0 Å². The Balaban J connectivity index is 2.27. The van der Waals surface area contributed by atoms with Gasteiger partial charge < -0.3 is 10.1 Å². The molecule has 0 radical (unpaired) electrons. The highest BCUT2D eigenvalue weighted by molar-refractivity contribution is 7.93. The minimum atomic E-state index is -4.30. The van der Waals surface area contributed by atoms with E-state index in [0.29, 0.717) is 6.54 Å². The van der Waals surface area contributed by atoms with Crippen molar-refractivity contribution in [2.45, 2.75) is 11.8 Å². The summed E-state index contributed by atoms with van der Waals surface area (Å²) < 4.78 is 45.7. The third-order valence-electron chi connectivity index (χ3n) is 4.07. The summed E-state index contributed by atoms with van der Waals surface area (Å²) in [6.07, 6.45) is 1.33. The molecule has 9 nitrogen and oxygen atoms in total. The lowest BCUT2D eigenvalue weighted by molar-refractivity contribution is -0.123. The van der Waals surface area contributed by atoms with Gasteiger partial charge in [0, 0.05) is 6.54 Å². The number of imide groups is 1. The summed E-state index contributed by atoms with van der Waals surface area (Å²) in [4.78, 5) is 34.9. The van der Waals surface area contributed by atoms with E-state index in [9.17, 15) is 27.2 Å². The fourth-order valence-corrected chi connectivity index (χ4v) is 4.53. The van der Waals surface area contributed by atoms with Crippen LogP contribution in [0.5, 0.6) is 0 Å². The van der Waals surface area contributed by atoms with Crippen LogP contribution < -0.4 is 14.9 Å². The van der Waals surface area contributed by atoms with E-state index in [-0.39, 0.29) is 22.8 Å². The fraction of sp³-hybridized carbons (Fsp3) is 0.190. The van der Waals surface area contributed by atoms with Gasteiger partial charge in [-0.15, -0.1) is 6.58 Å². The van der Waals surface area contributed by atoms with Gasteiger partial charge in [0.1, 0.15) is 10.7 Å². The number of halogens is 2. The fourth-order valence-electron chi connectivity index (χ4n) is 2.60. The molecule has 0 bridgehead atoms. The molecule has 0 aliphatic rings. The van der Waals surface area contributed by atoms with Gasteiger partial charge in [0.15, 0.2) is 6.61 Å². The van der Waals surface area contributed by atoms with Crippen LogP contribution in [-0.2, 0) is 19.6 Å². The highest BCUT2D eigenvalue weighted by Gasteiger charge is 2.28. The Morgan fingerprint density at radius 2 is 1.85 bits per heavy atom. The zero-order valence-electron chi connectivity index (χ0n) is 17.5. The quantitative estimate of drug-likeness (QED) is 0.406. The Morgan fingerprint density at radius 1 is 1.18 bits per heavy atom. The van der Waals surface area contributed by atoms with Crippen molar-refractivity contribution in [3.8, 4) is 0 Å². The van der Waals surface area contributed by atoms with Crippen molar-refractivity contribution in [2.75, 3.05) is 24.0 Å². The first-order valence-corrected chi connectivity index (χ1v) is 11.4. The van der Waals surface area contributed by atoms with Crippen molar-refractivity contribution in [3.63, 3.8) is 0 Å². The maximum absolute atomic E-state index is 13.3. The monoisotopic (exact) mass is 497 g/mol. The number of hydrogen-bond acceptors (Lipinski definition) is 6. The second-order valence-corrected chi connectivity index (χ2v) is 8.67. The van der Waals surface area contributed by atoms with Crippen LogP contribution in [-0.4, -0.2) is 46.0 Å². The number of hydrogen-bond donors (Lipinski definition) is 2. The highest BCUT2D eigenvalue weighted by atomic mass is 35.5. The molecular formula is C21H21ClFN3O6S. The van der Waals surface area contributed by atoms with E-state index in [1.54, 1.807) is 6.92 Å². The van der Waals surface area contributed by atoms with E-state index in [1.165, 1.54) is 30.3 Å². The molecule has 2 rings (SSSR count). The Bertz CT molecular complexity index is 1160. The molecule has 2 aromatic rings. The first-order valence-electron chi connectivity index (χ1n) is 9.53. The van der Waals surface area contributed by atoms with Crippen LogP contribution in [0.4, 0.5) is 14.9 Å². The normalized spacial score (nSPS) is 10.8. The molecule has 176 valence electrons. The number of amides is 3. The molecule has 0 saturated heterocycles. The van der Waals surface area contributed by atoms with E-state index in [0.717, 1.165) is 22.5 Å². The number of sulfonamides is 1. The van der Waals surface area contributed by atoms with Gasteiger partial charge in [0.05, 0.1) is 22.8 Å². The number of nitrogens with zero attached hydrogens (tertiary/aromatic N) is 1. The first-order chi connectivity index (χ1) is 15.6. The lowest BCUT2D eigenvalue weighted by atomic mass is 10.2. The molecule has 0 fully saturated rings. The zero-order chi connectivity index (χ0) is 24.6. The molecule has 2 N–H and O–H groups in total. The van der Waals surface area contributed by atoms with E-state index in [2.05, 4.69) is 11.9 Å². The molecule has 0 heterocycles. The SMILES string of the molecule is C=CCN(c1ccc(F)cc1)S(=O)(=O)c1cc(C(=O)OCC(=O)NC(=O)NCC)ccc1Cl. The molecule has 0 spiro atoms. The van der Waals surface area contributed by atoms with Gasteiger partial charge in [-0.2, -0.15) is 0 Å². The molecule has 0 aliphatic heterocycles. The molecule has 12 heteroatoms. The molecular weight excluding hydrogens is 477 g/mol. The van der Waals surface area contributed by atoms with Gasteiger partial charge in [0.2, 0.25) is 0 Å². The summed E-state index contributed by atoms with van der Waals surface area (Å²) >= 11 is 6.10. The van der Waals surface area contributed by atoms with Crippen LogP contribution in [0.3, 0.4) is 0 Å².